The van der Waals surface area contributed by atoms with Crippen molar-refractivity contribution in [3.8, 4) is 5.75 Å². The van der Waals surface area contributed by atoms with E-state index in [1.807, 2.05) is 0 Å². The molecule has 0 spiro atoms. The fourth-order valence-corrected chi connectivity index (χ4v) is 3.84. The molecule has 9 nitrogen and oxygen atoms in total. The van der Waals surface area contributed by atoms with Gasteiger partial charge in [0, 0.05) is 23.4 Å². The lowest BCUT2D eigenvalue weighted by atomic mass is 9.80. The minimum atomic E-state index is -0.765. The highest BCUT2D eigenvalue weighted by Crippen LogP contribution is 2.41. The molecule has 1 aliphatic rings. The number of rotatable bonds is 3. The van der Waals surface area contributed by atoms with E-state index in [1.54, 1.807) is 13.0 Å². The number of benzene rings is 2. The first kappa shape index (κ1) is 20.4. The van der Waals surface area contributed by atoms with Gasteiger partial charge in [-0.25, -0.2) is 4.79 Å². The van der Waals surface area contributed by atoms with Gasteiger partial charge in [0.2, 0.25) is 0 Å². The molecule has 2 aromatic rings. The van der Waals surface area contributed by atoms with Crippen molar-refractivity contribution in [1.29, 1.82) is 0 Å². The number of ether oxygens (including phenoxy) is 1. The average Bonchev–Trinajstić information content (AvgIpc) is 2.68. The van der Waals surface area contributed by atoms with E-state index >= 15 is 0 Å². The van der Waals surface area contributed by atoms with Gasteiger partial charge in [0.25, 0.3) is 0 Å². The van der Waals surface area contributed by atoms with Crippen LogP contribution < -0.4 is 44.9 Å². The Bertz CT molecular complexity index is 966. The van der Waals surface area contributed by atoms with Gasteiger partial charge in [0.15, 0.2) is 5.75 Å². The minimum absolute atomic E-state index is 0.00575. The maximum Gasteiger partial charge on any atom is 0.347 e. The molecule has 0 unspecified atom stereocenters. The normalized spacial score (nSPS) is 19.1. The Kier molecular flexibility index (Phi) is 5.34. The Morgan fingerprint density at radius 3 is 2.10 bits per heavy atom. The number of carbonyl (C=O) groups is 1. The predicted octanol–water partition coefficient (Wildman–Crippen LogP) is 1.69. The van der Waals surface area contributed by atoms with E-state index in [-0.39, 0.29) is 46.0 Å². The van der Waals surface area contributed by atoms with Crippen LogP contribution in [0, 0.1) is 6.92 Å². The SMILES string of the molecule is Cc1c(N)c(N)cc(OC(=O)c2c(N)cc(C3CCC(N)CC3)c(N)c2N)c1N. The summed E-state index contributed by atoms with van der Waals surface area (Å²) in [6.45, 7) is 1.68. The molecule has 0 bridgehead atoms. The summed E-state index contributed by atoms with van der Waals surface area (Å²) in [6, 6.07) is 3.30. The minimum Gasteiger partial charge on any atom is -0.421 e. The van der Waals surface area contributed by atoms with Crippen molar-refractivity contribution in [3.63, 3.8) is 0 Å². The van der Waals surface area contributed by atoms with Crippen molar-refractivity contribution in [2.24, 2.45) is 5.73 Å². The zero-order valence-electron chi connectivity index (χ0n) is 16.5. The first-order valence-electron chi connectivity index (χ1n) is 9.50. The molecule has 156 valence electrons. The second-order valence-electron chi connectivity index (χ2n) is 7.67. The largest absolute Gasteiger partial charge is 0.421 e. The number of esters is 1. The van der Waals surface area contributed by atoms with Gasteiger partial charge in [-0.1, -0.05) is 0 Å². The maximum atomic E-state index is 12.8. The van der Waals surface area contributed by atoms with Crippen LogP contribution >= 0.6 is 0 Å². The lowest BCUT2D eigenvalue weighted by Gasteiger charge is -2.28. The van der Waals surface area contributed by atoms with E-state index in [1.165, 1.54) is 6.07 Å². The van der Waals surface area contributed by atoms with Crippen LogP contribution in [0.1, 0.15) is 53.1 Å². The molecule has 1 saturated carbocycles. The van der Waals surface area contributed by atoms with Gasteiger partial charge in [-0.05, 0) is 50.2 Å². The zero-order valence-corrected chi connectivity index (χ0v) is 16.5. The summed E-state index contributed by atoms with van der Waals surface area (Å²) in [4.78, 5) is 12.8. The van der Waals surface area contributed by atoms with Crippen LogP contribution in [-0.4, -0.2) is 12.0 Å². The second-order valence-corrected chi connectivity index (χ2v) is 7.67. The molecular weight excluding hydrogens is 370 g/mol. The molecule has 0 heterocycles. The number of hydrogen-bond acceptors (Lipinski definition) is 9. The van der Waals surface area contributed by atoms with Gasteiger partial charge in [0.1, 0.15) is 5.56 Å². The van der Waals surface area contributed by atoms with Crippen LogP contribution in [0.25, 0.3) is 0 Å². The van der Waals surface area contributed by atoms with Crippen LogP contribution in [0.5, 0.6) is 5.75 Å². The molecule has 2 aromatic carbocycles. The molecule has 1 aliphatic carbocycles. The summed E-state index contributed by atoms with van der Waals surface area (Å²) in [6.07, 6.45) is 3.61. The van der Waals surface area contributed by atoms with Crippen LogP contribution in [0.15, 0.2) is 12.1 Å². The smallest absolute Gasteiger partial charge is 0.347 e. The third kappa shape index (κ3) is 3.68. The third-order valence-corrected chi connectivity index (χ3v) is 5.76. The van der Waals surface area contributed by atoms with Crippen molar-refractivity contribution in [2.45, 2.75) is 44.6 Å². The van der Waals surface area contributed by atoms with Crippen molar-refractivity contribution >= 4 is 40.1 Å². The highest BCUT2D eigenvalue weighted by atomic mass is 16.5. The summed E-state index contributed by atoms with van der Waals surface area (Å²) in [7, 11) is 0. The third-order valence-electron chi connectivity index (χ3n) is 5.76. The summed E-state index contributed by atoms with van der Waals surface area (Å²) in [5, 5.41) is 0. The molecule has 0 atom stereocenters. The van der Waals surface area contributed by atoms with Gasteiger partial charge in [-0.3, -0.25) is 0 Å². The first-order valence-corrected chi connectivity index (χ1v) is 9.50. The lowest BCUT2D eigenvalue weighted by Crippen LogP contribution is -2.26. The molecule has 0 radical (unpaired) electrons. The van der Waals surface area contributed by atoms with Crippen molar-refractivity contribution < 1.29 is 9.53 Å². The van der Waals surface area contributed by atoms with Gasteiger partial charge in [-0.2, -0.15) is 0 Å². The molecule has 9 heteroatoms. The number of nitrogen functional groups attached to an aromatic ring is 6. The van der Waals surface area contributed by atoms with Gasteiger partial charge in [-0.15, -0.1) is 0 Å². The Hall–Kier alpha value is -3.33. The fourth-order valence-electron chi connectivity index (χ4n) is 3.84. The molecule has 0 amide bonds. The fraction of sp³-hybridized carbons (Fsp3) is 0.350. The molecule has 3 rings (SSSR count). The quantitative estimate of drug-likeness (QED) is 0.227. The summed E-state index contributed by atoms with van der Waals surface area (Å²) >= 11 is 0. The van der Waals surface area contributed by atoms with E-state index in [9.17, 15) is 4.79 Å². The molecule has 29 heavy (non-hydrogen) atoms. The maximum absolute atomic E-state index is 12.8. The monoisotopic (exact) mass is 399 g/mol. The van der Waals surface area contributed by atoms with E-state index in [2.05, 4.69) is 0 Å². The van der Waals surface area contributed by atoms with E-state index < -0.39 is 5.97 Å². The summed E-state index contributed by atoms with van der Waals surface area (Å²) in [5.74, 6) is -0.472. The van der Waals surface area contributed by atoms with Crippen molar-refractivity contribution in [2.75, 3.05) is 34.4 Å². The number of nitrogens with two attached hydrogens (primary N) is 7. The molecule has 14 N–H and O–H groups in total. The highest BCUT2D eigenvalue weighted by molar-refractivity contribution is 6.05. The number of hydrogen-bond donors (Lipinski definition) is 7. The van der Waals surface area contributed by atoms with E-state index in [0.717, 1.165) is 31.2 Å². The van der Waals surface area contributed by atoms with E-state index in [4.69, 9.17) is 44.9 Å². The number of carbonyl (C=O) groups excluding carboxylic acids is 1. The van der Waals surface area contributed by atoms with Crippen LogP contribution in [0.3, 0.4) is 0 Å². The molecule has 0 aromatic heterocycles. The Morgan fingerprint density at radius 2 is 1.48 bits per heavy atom. The second kappa shape index (κ2) is 7.59. The topological polar surface area (TPSA) is 208 Å². The standard InChI is InChI=1S/C20H29N7O2/c1-8-16(24)13(23)7-14(17(8)25)29-20(28)15-12(22)6-11(18(26)19(15)27)9-2-4-10(21)5-3-9/h6-7,9-10H,2-5,21-27H2,1H3. The van der Waals surface area contributed by atoms with Crippen molar-refractivity contribution in [1.82, 2.24) is 0 Å². The average molecular weight is 399 g/mol. The van der Waals surface area contributed by atoms with Gasteiger partial charge >= 0.3 is 5.97 Å². The molecule has 0 saturated heterocycles. The first-order chi connectivity index (χ1) is 13.6. The predicted molar refractivity (Wildman–Crippen MR) is 118 cm³/mol. The van der Waals surface area contributed by atoms with Gasteiger partial charge < -0.3 is 44.9 Å². The van der Waals surface area contributed by atoms with Crippen LogP contribution in [0.4, 0.5) is 34.1 Å². The number of anilines is 6. The van der Waals surface area contributed by atoms with E-state index in [0.29, 0.717) is 16.9 Å². The highest BCUT2D eigenvalue weighted by Gasteiger charge is 2.27. The molecule has 0 aliphatic heterocycles. The summed E-state index contributed by atoms with van der Waals surface area (Å²) in [5.41, 5.74) is 45.1. The molecular formula is C20H29N7O2. The lowest BCUT2D eigenvalue weighted by molar-refractivity contribution is 0.0738. The molecule has 1 fully saturated rings. The zero-order chi connectivity index (χ0) is 21.5. The Balaban J connectivity index is 1.93. The van der Waals surface area contributed by atoms with Crippen molar-refractivity contribution in [3.05, 3.63) is 28.8 Å². The van der Waals surface area contributed by atoms with Crippen LogP contribution in [-0.2, 0) is 0 Å². The Labute approximate surface area is 169 Å². The Morgan fingerprint density at radius 1 is 0.862 bits per heavy atom. The summed E-state index contributed by atoms with van der Waals surface area (Å²) < 4.78 is 5.43. The van der Waals surface area contributed by atoms with Gasteiger partial charge in [0.05, 0.1) is 28.4 Å². The van der Waals surface area contributed by atoms with Crippen LogP contribution in [0.2, 0.25) is 0 Å².